The van der Waals surface area contributed by atoms with Crippen LogP contribution in [0.5, 0.6) is 0 Å². The van der Waals surface area contributed by atoms with E-state index in [1.807, 2.05) is 0 Å². The van der Waals surface area contributed by atoms with Crippen molar-refractivity contribution in [2.45, 2.75) is 19.9 Å². The van der Waals surface area contributed by atoms with Gasteiger partial charge in [0.2, 0.25) is 0 Å². The number of aromatic nitrogens is 1. The lowest BCUT2D eigenvalue weighted by Crippen LogP contribution is -2.43. The highest BCUT2D eigenvalue weighted by atomic mass is 16.6. The Balaban J connectivity index is 2.20. The molecule has 20 heavy (non-hydrogen) atoms. The number of hydrogen-bond donors (Lipinski definition) is 2. The van der Waals surface area contributed by atoms with Crippen molar-refractivity contribution in [1.82, 2.24) is 4.98 Å². The first-order chi connectivity index (χ1) is 9.34. The Morgan fingerprint density at radius 2 is 2.35 bits per heavy atom. The maximum Gasteiger partial charge on any atom is 0.313 e. The minimum absolute atomic E-state index is 0.0702. The molecule has 8 nitrogen and oxygen atoms in total. The van der Waals surface area contributed by atoms with Crippen molar-refractivity contribution in [3.05, 3.63) is 27.9 Å². The maximum absolute atomic E-state index is 11.3. The van der Waals surface area contributed by atoms with Crippen molar-refractivity contribution in [2.75, 3.05) is 18.5 Å². The summed E-state index contributed by atoms with van der Waals surface area (Å²) < 4.78 is 5.22. The number of hydrogen-bond acceptors (Lipinski definition) is 6. The first-order valence-corrected chi connectivity index (χ1v) is 6.04. The summed E-state index contributed by atoms with van der Waals surface area (Å²) in [6.45, 7) is 3.50. The summed E-state index contributed by atoms with van der Waals surface area (Å²) in [6, 6.07) is 2.37. The van der Waals surface area contributed by atoms with Gasteiger partial charge in [0, 0.05) is 6.07 Å². The Labute approximate surface area is 114 Å². The Bertz CT molecular complexity index is 562. The fraction of sp³-hybridized carbons (Fsp3) is 0.500. The minimum atomic E-state index is -1.04. The highest BCUT2D eigenvalue weighted by Crippen LogP contribution is 2.31. The molecule has 0 bridgehead atoms. The second-order valence-corrected chi connectivity index (χ2v) is 4.99. The fourth-order valence-corrected chi connectivity index (χ4v) is 2.09. The fourth-order valence-electron chi connectivity index (χ4n) is 2.09. The molecule has 0 spiro atoms. The molecule has 8 heteroatoms. The zero-order valence-corrected chi connectivity index (χ0v) is 11.1. The third kappa shape index (κ3) is 2.42. The van der Waals surface area contributed by atoms with Crippen LogP contribution in [0.25, 0.3) is 0 Å². The van der Waals surface area contributed by atoms with Gasteiger partial charge in [0.25, 0.3) is 5.69 Å². The summed E-state index contributed by atoms with van der Waals surface area (Å²) in [5.74, 6) is -0.554. The van der Waals surface area contributed by atoms with Gasteiger partial charge in [0.05, 0.1) is 24.2 Å². The number of rotatable bonds is 4. The van der Waals surface area contributed by atoms with E-state index in [1.54, 1.807) is 6.92 Å². The number of carboxylic acid groups (broad SMARTS) is 1. The van der Waals surface area contributed by atoms with E-state index in [2.05, 4.69) is 10.3 Å². The highest BCUT2D eigenvalue weighted by molar-refractivity contribution is 5.76. The standard InChI is InChI=1S/C12H15N3O5/c1-7-8(15(18)19)3-4-10(13-7)14-9-5-20-6-12(9,2)11(16)17/h3-4,9H,5-6H2,1-2H3,(H,13,14)(H,16,17). The topological polar surface area (TPSA) is 115 Å². The van der Waals surface area contributed by atoms with E-state index in [9.17, 15) is 20.0 Å². The van der Waals surface area contributed by atoms with E-state index >= 15 is 0 Å². The molecule has 1 aromatic heterocycles. The molecule has 2 unspecified atom stereocenters. The highest BCUT2D eigenvalue weighted by Gasteiger charge is 2.46. The van der Waals surface area contributed by atoms with Crippen LogP contribution >= 0.6 is 0 Å². The van der Waals surface area contributed by atoms with Crippen LogP contribution in [0.2, 0.25) is 0 Å². The van der Waals surface area contributed by atoms with Gasteiger partial charge < -0.3 is 15.2 Å². The molecular weight excluding hydrogens is 266 g/mol. The molecule has 2 atom stereocenters. The van der Waals surface area contributed by atoms with Gasteiger partial charge in [0.15, 0.2) is 0 Å². The molecule has 0 saturated carbocycles. The zero-order valence-electron chi connectivity index (χ0n) is 11.1. The Morgan fingerprint density at radius 1 is 1.65 bits per heavy atom. The number of nitrogens with zero attached hydrogens (tertiary/aromatic N) is 2. The molecule has 0 amide bonds. The van der Waals surface area contributed by atoms with Crippen LogP contribution in [0, 0.1) is 22.5 Å². The molecule has 1 fully saturated rings. The summed E-state index contributed by atoms with van der Waals surface area (Å²) in [4.78, 5) is 25.6. The van der Waals surface area contributed by atoms with Crippen LogP contribution in [0.4, 0.5) is 11.5 Å². The summed E-state index contributed by atoms with van der Waals surface area (Å²) in [5.41, 5.74) is -0.840. The predicted octanol–water partition coefficient (Wildman–Crippen LogP) is 1.20. The van der Waals surface area contributed by atoms with E-state index < -0.39 is 22.3 Å². The number of nitro groups is 1. The zero-order chi connectivity index (χ0) is 14.9. The molecular formula is C12H15N3O5. The van der Waals surface area contributed by atoms with Crippen molar-refractivity contribution in [3.8, 4) is 0 Å². The molecule has 1 aliphatic rings. The molecule has 0 radical (unpaired) electrons. The molecule has 1 aliphatic heterocycles. The van der Waals surface area contributed by atoms with Gasteiger partial charge in [-0.05, 0) is 19.9 Å². The van der Waals surface area contributed by atoms with Gasteiger partial charge in [-0.2, -0.15) is 0 Å². The average Bonchev–Trinajstić information content (AvgIpc) is 2.72. The van der Waals surface area contributed by atoms with Gasteiger partial charge in [-0.1, -0.05) is 0 Å². The number of nitrogens with one attached hydrogen (secondary N) is 1. The van der Waals surface area contributed by atoms with Crippen LogP contribution in [0.15, 0.2) is 12.1 Å². The van der Waals surface area contributed by atoms with Crippen LogP contribution in [-0.2, 0) is 9.53 Å². The third-order valence-electron chi connectivity index (χ3n) is 3.52. The molecule has 0 aromatic carbocycles. The lowest BCUT2D eigenvalue weighted by molar-refractivity contribution is -0.385. The summed E-state index contributed by atoms with van der Waals surface area (Å²) >= 11 is 0. The van der Waals surface area contributed by atoms with E-state index in [4.69, 9.17) is 4.74 Å². The molecule has 2 rings (SSSR count). The maximum atomic E-state index is 11.3. The minimum Gasteiger partial charge on any atom is -0.481 e. The van der Waals surface area contributed by atoms with Crippen molar-refractivity contribution in [3.63, 3.8) is 0 Å². The van der Waals surface area contributed by atoms with E-state index in [1.165, 1.54) is 19.1 Å². The Kier molecular flexibility index (Phi) is 3.58. The predicted molar refractivity (Wildman–Crippen MR) is 69.6 cm³/mol. The van der Waals surface area contributed by atoms with Crippen LogP contribution in [0.3, 0.4) is 0 Å². The summed E-state index contributed by atoms with van der Waals surface area (Å²) in [6.07, 6.45) is 0. The molecule has 0 aliphatic carbocycles. The first-order valence-electron chi connectivity index (χ1n) is 6.04. The number of aryl methyl sites for hydroxylation is 1. The Hall–Kier alpha value is -2.22. The van der Waals surface area contributed by atoms with Crippen molar-refractivity contribution in [2.24, 2.45) is 5.41 Å². The van der Waals surface area contributed by atoms with Gasteiger partial charge >= 0.3 is 5.97 Å². The average molecular weight is 281 g/mol. The number of anilines is 1. The lowest BCUT2D eigenvalue weighted by atomic mass is 9.85. The van der Waals surface area contributed by atoms with Crippen molar-refractivity contribution >= 4 is 17.5 Å². The largest absolute Gasteiger partial charge is 0.481 e. The number of pyridine rings is 1. The van der Waals surface area contributed by atoms with Gasteiger partial charge in [0.1, 0.15) is 16.9 Å². The number of carbonyl (C=O) groups is 1. The molecule has 2 heterocycles. The first kappa shape index (κ1) is 14.2. The van der Waals surface area contributed by atoms with Crippen LogP contribution < -0.4 is 5.32 Å². The molecule has 2 N–H and O–H groups in total. The van der Waals surface area contributed by atoms with E-state index in [0.717, 1.165) is 0 Å². The monoisotopic (exact) mass is 281 g/mol. The van der Waals surface area contributed by atoms with Gasteiger partial charge in [-0.3, -0.25) is 14.9 Å². The quantitative estimate of drug-likeness (QED) is 0.629. The number of aliphatic carboxylic acids is 1. The van der Waals surface area contributed by atoms with Gasteiger partial charge in [-0.25, -0.2) is 4.98 Å². The second-order valence-electron chi connectivity index (χ2n) is 4.99. The SMILES string of the molecule is Cc1nc(NC2COCC2(C)C(=O)O)ccc1[N+](=O)[O-]. The Morgan fingerprint density at radius 3 is 2.90 bits per heavy atom. The second kappa shape index (κ2) is 5.04. The summed E-state index contributed by atoms with van der Waals surface area (Å²) in [5, 5.41) is 23.0. The van der Waals surface area contributed by atoms with Crippen molar-refractivity contribution < 1.29 is 19.6 Å². The van der Waals surface area contributed by atoms with Crippen molar-refractivity contribution in [1.29, 1.82) is 0 Å². The summed E-state index contributed by atoms with van der Waals surface area (Å²) in [7, 11) is 0. The smallest absolute Gasteiger partial charge is 0.313 e. The lowest BCUT2D eigenvalue weighted by Gasteiger charge is -2.25. The van der Waals surface area contributed by atoms with Crippen LogP contribution in [-0.4, -0.2) is 40.2 Å². The molecule has 108 valence electrons. The van der Waals surface area contributed by atoms with Crippen LogP contribution in [0.1, 0.15) is 12.6 Å². The normalized spacial score (nSPS) is 25.4. The van der Waals surface area contributed by atoms with Gasteiger partial charge in [-0.15, -0.1) is 0 Å². The number of ether oxygens (including phenoxy) is 1. The van der Waals surface area contributed by atoms with E-state index in [0.29, 0.717) is 5.82 Å². The molecule has 1 aromatic rings. The number of carboxylic acids is 1. The third-order valence-corrected chi connectivity index (χ3v) is 3.52. The van der Waals surface area contributed by atoms with E-state index in [-0.39, 0.29) is 24.6 Å². The molecule has 1 saturated heterocycles.